The van der Waals surface area contributed by atoms with E-state index in [1.165, 1.54) is 12.0 Å². The van der Waals surface area contributed by atoms with Crippen molar-refractivity contribution in [2.24, 2.45) is 0 Å². The SMILES string of the molecule is COC(=O)c1ccccc1NC(=O)c1cccc2c1OCC(=O)N2C. The first-order chi connectivity index (χ1) is 12.0. The highest BCUT2D eigenvalue weighted by molar-refractivity contribution is 6.11. The molecule has 0 unspecified atom stereocenters. The van der Waals surface area contributed by atoms with Crippen molar-refractivity contribution in [2.45, 2.75) is 0 Å². The first kappa shape index (κ1) is 16.5. The molecule has 25 heavy (non-hydrogen) atoms. The van der Waals surface area contributed by atoms with Crippen LogP contribution in [0, 0.1) is 0 Å². The molecule has 2 aromatic carbocycles. The van der Waals surface area contributed by atoms with Crippen LogP contribution in [-0.4, -0.2) is 38.5 Å². The maximum atomic E-state index is 12.7. The topological polar surface area (TPSA) is 84.9 Å². The second-order valence-electron chi connectivity index (χ2n) is 5.39. The number of anilines is 2. The van der Waals surface area contributed by atoms with Gasteiger partial charge in [-0.2, -0.15) is 0 Å². The molecule has 1 aliphatic heterocycles. The molecule has 7 heteroatoms. The van der Waals surface area contributed by atoms with Crippen molar-refractivity contribution in [3.05, 3.63) is 53.6 Å². The number of fused-ring (bicyclic) bond motifs is 1. The van der Waals surface area contributed by atoms with Gasteiger partial charge in [-0.15, -0.1) is 0 Å². The highest BCUT2D eigenvalue weighted by Gasteiger charge is 2.27. The zero-order chi connectivity index (χ0) is 18.0. The lowest BCUT2D eigenvalue weighted by molar-refractivity contribution is -0.121. The number of ether oxygens (including phenoxy) is 2. The Labute approximate surface area is 144 Å². The molecule has 0 saturated heterocycles. The van der Waals surface area contributed by atoms with Gasteiger partial charge in [0.05, 0.1) is 29.6 Å². The fourth-order valence-electron chi connectivity index (χ4n) is 2.55. The van der Waals surface area contributed by atoms with Crippen LogP contribution in [0.4, 0.5) is 11.4 Å². The molecule has 0 aliphatic carbocycles. The number of para-hydroxylation sites is 2. The number of rotatable bonds is 3. The number of benzene rings is 2. The van der Waals surface area contributed by atoms with E-state index in [9.17, 15) is 14.4 Å². The molecular weight excluding hydrogens is 324 g/mol. The van der Waals surface area contributed by atoms with Crippen LogP contribution >= 0.6 is 0 Å². The third-order valence-corrected chi connectivity index (χ3v) is 3.89. The van der Waals surface area contributed by atoms with Crippen molar-refractivity contribution in [3.8, 4) is 5.75 Å². The molecule has 7 nitrogen and oxygen atoms in total. The number of nitrogens with one attached hydrogen (secondary N) is 1. The minimum absolute atomic E-state index is 0.132. The van der Waals surface area contributed by atoms with Crippen LogP contribution in [0.2, 0.25) is 0 Å². The fraction of sp³-hybridized carbons (Fsp3) is 0.167. The molecule has 0 spiro atoms. The molecule has 0 radical (unpaired) electrons. The van der Waals surface area contributed by atoms with E-state index >= 15 is 0 Å². The Kier molecular flexibility index (Phi) is 4.38. The van der Waals surface area contributed by atoms with Crippen molar-refractivity contribution in [1.29, 1.82) is 0 Å². The first-order valence-corrected chi connectivity index (χ1v) is 7.54. The summed E-state index contributed by atoms with van der Waals surface area (Å²) < 4.78 is 10.2. The zero-order valence-corrected chi connectivity index (χ0v) is 13.7. The van der Waals surface area contributed by atoms with Gasteiger partial charge in [0.15, 0.2) is 12.4 Å². The van der Waals surface area contributed by atoms with Crippen LogP contribution in [0.5, 0.6) is 5.75 Å². The number of esters is 1. The number of methoxy groups -OCH3 is 1. The summed E-state index contributed by atoms with van der Waals surface area (Å²) in [5.41, 5.74) is 1.37. The van der Waals surface area contributed by atoms with E-state index in [1.54, 1.807) is 49.5 Å². The third kappa shape index (κ3) is 3.03. The largest absolute Gasteiger partial charge is 0.481 e. The van der Waals surface area contributed by atoms with E-state index in [0.29, 0.717) is 17.1 Å². The van der Waals surface area contributed by atoms with Crippen molar-refractivity contribution >= 4 is 29.2 Å². The van der Waals surface area contributed by atoms with Gasteiger partial charge in [0.25, 0.3) is 11.8 Å². The van der Waals surface area contributed by atoms with Crippen LogP contribution in [-0.2, 0) is 9.53 Å². The van der Waals surface area contributed by atoms with E-state index in [4.69, 9.17) is 9.47 Å². The predicted molar refractivity (Wildman–Crippen MR) is 91.1 cm³/mol. The lowest BCUT2D eigenvalue weighted by Gasteiger charge is -2.27. The second kappa shape index (κ2) is 6.64. The Bertz CT molecular complexity index is 862. The van der Waals surface area contributed by atoms with Gasteiger partial charge in [0.2, 0.25) is 0 Å². The Morgan fingerprint density at radius 3 is 2.60 bits per heavy atom. The molecule has 1 aliphatic rings. The van der Waals surface area contributed by atoms with Crippen LogP contribution < -0.4 is 15.0 Å². The highest BCUT2D eigenvalue weighted by atomic mass is 16.5. The molecule has 0 saturated carbocycles. The van der Waals surface area contributed by atoms with Crippen LogP contribution in [0.1, 0.15) is 20.7 Å². The quantitative estimate of drug-likeness (QED) is 0.865. The van der Waals surface area contributed by atoms with Crippen LogP contribution in [0.15, 0.2) is 42.5 Å². The maximum absolute atomic E-state index is 12.7. The first-order valence-electron chi connectivity index (χ1n) is 7.54. The molecule has 1 N–H and O–H groups in total. The molecule has 2 amide bonds. The number of hydrogen-bond donors (Lipinski definition) is 1. The smallest absolute Gasteiger partial charge is 0.339 e. The molecule has 0 fully saturated rings. The van der Waals surface area contributed by atoms with E-state index in [-0.39, 0.29) is 23.6 Å². The summed E-state index contributed by atoms with van der Waals surface area (Å²) in [4.78, 5) is 37.7. The zero-order valence-electron chi connectivity index (χ0n) is 13.7. The summed E-state index contributed by atoms with van der Waals surface area (Å²) in [6, 6.07) is 11.5. The molecule has 128 valence electrons. The minimum Gasteiger partial charge on any atom is -0.481 e. The fourth-order valence-corrected chi connectivity index (χ4v) is 2.55. The van der Waals surface area contributed by atoms with E-state index in [1.807, 2.05) is 0 Å². The number of nitrogens with zero attached hydrogens (tertiary/aromatic N) is 1. The monoisotopic (exact) mass is 340 g/mol. The Hall–Kier alpha value is -3.35. The van der Waals surface area contributed by atoms with Gasteiger partial charge in [-0.1, -0.05) is 18.2 Å². The lowest BCUT2D eigenvalue weighted by atomic mass is 10.1. The number of likely N-dealkylation sites (N-methyl/N-ethyl adjacent to an activating group) is 1. The average molecular weight is 340 g/mol. The number of carbonyl (C=O) groups is 3. The summed E-state index contributed by atoms with van der Waals surface area (Å²) in [6.07, 6.45) is 0. The summed E-state index contributed by atoms with van der Waals surface area (Å²) in [5, 5.41) is 2.70. The van der Waals surface area contributed by atoms with Gasteiger partial charge in [0.1, 0.15) is 0 Å². The summed E-state index contributed by atoms with van der Waals surface area (Å²) in [6.45, 7) is -0.132. The van der Waals surface area contributed by atoms with Crippen molar-refractivity contribution in [3.63, 3.8) is 0 Å². The number of carbonyl (C=O) groups excluding carboxylic acids is 3. The van der Waals surface area contributed by atoms with Gasteiger partial charge in [0, 0.05) is 7.05 Å². The molecule has 0 aromatic heterocycles. The Balaban J connectivity index is 1.94. The molecule has 0 atom stereocenters. The van der Waals surface area contributed by atoms with Crippen molar-refractivity contribution < 1.29 is 23.9 Å². The molecule has 3 rings (SSSR count). The molecule has 0 bridgehead atoms. The van der Waals surface area contributed by atoms with Gasteiger partial charge in [-0.3, -0.25) is 9.59 Å². The second-order valence-corrected chi connectivity index (χ2v) is 5.39. The van der Waals surface area contributed by atoms with Crippen LogP contribution in [0.25, 0.3) is 0 Å². The highest BCUT2D eigenvalue weighted by Crippen LogP contribution is 2.35. The van der Waals surface area contributed by atoms with E-state index < -0.39 is 11.9 Å². The average Bonchev–Trinajstić information content (AvgIpc) is 2.64. The van der Waals surface area contributed by atoms with Gasteiger partial charge in [-0.25, -0.2) is 4.79 Å². The summed E-state index contributed by atoms with van der Waals surface area (Å²) >= 11 is 0. The predicted octanol–water partition coefficient (Wildman–Crippen LogP) is 2.08. The normalized spacial score (nSPS) is 12.9. The Morgan fingerprint density at radius 1 is 1.12 bits per heavy atom. The molecule has 1 heterocycles. The summed E-state index contributed by atoms with van der Waals surface area (Å²) in [7, 11) is 2.90. The minimum atomic E-state index is -0.549. The standard InChI is InChI=1S/C18H16N2O5/c1-20-14-9-5-7-12(16(14)25-10-15(20)21)17(22)19-13-8-4-3-6-11(13)18(23)24-2/h3-9H,10H2,1-2H3,(H,19,22). The maximum Gasteiger partial charge on any atom is 0.339 e. The summed E-state index contributed by atoms with van der Waals surface area (Å²) in [5.74, 6) is -0.859. The molecule has 2 aromatic rings. The van der Waals surface area contributed by atoms with Gasteiger partial charge < -0.3 is 19.7 Å². The van der Waals surface area contributed by atoms with Crippen molar-refractivity contribution in [1.82, 2.24) is 0 Å². The number of hydrogen-bond acceptors (Lipinski definition) is 5. The van der Waals surface area contributed by atoms with E-state index in [2.05, 4.69) is 5.32 Å². The van der Waals surface area contributed by atoms with E-state index in [0.717, 1.165) is 0 Å². The lowest BCUT2D eigenvalue weighted by Crippen LogP contribution is -2.36. The third-order valence-electron chi connectivity index (χ3n) is 3.89. The van der Waals surface area contributed by atoms with Crippen LogP contribution in [0.3, 0.4) is 0 Å². The number of amides is 2. The van der Waals surface area contributed by atoms with Gasteiger partial charge in [-0.05, 0) is 24.3 Å². The Morgan fingerprint density at radius 2 is 1.84 bits per heavy atom. The van der Waals surface area contributed by atoms with Gasteiger partial charge >= 0.3 is 5.97 Å². The molecular formula is C18H16N2O5. The van der Waals surface area contributed by atoms with Crippen molar-refractivity contribution in [2.75, 3.05) is 31.0 Å².